The van der Waals surface area contributed by atoms with Crippen LogP contribution < -0.4 is 4.72 Å². The SMILES string of the molecule is Cc1[nH]nc(S(=O)(=O)NC(C)c2ncn[nH]2)c1CO. The van der Waals surface area contributed by atoms with E-state index in [0.717, 1.165) is 0 Å². The maximum atomic E-state index is 12.2. The van der Waals surface area contributed by atoms with Crippen LogP contribution in [0.4, 0.5) is 0 Å². The fraction of sp³-hybridized carbons (Fsp3) is 0.444. The van der Waals surface area contributed by atoms with Gasteiger partial charge in [-0.05, 0) is 13.8 Å². The maximum absolute atomic E-state index is 12.2. The number of aliphatic hydroxyl groups is 1. The third-order valence-corrected chi connectivity index (χ3v) is 4.13. The molecular weight excluding hydrogens is 272 g/mol. The predicted octanol–water partition coefficient (Wildman–Crippen LogP) is -0.632. The first-order valence-electron chi connectivity index (χ1n) is 5.48. The van der Waals surface area contributed by atoms with Crippen molar-refractivity contribution in [3.05, 3.63) is 23.4 Å². The molecule has 0 fully saturated rings. The first-order valence-corrected chi connectivity index (χ1v) is 6.96. The number of nitrogens with zero attached hydrogens (tertiary/aromatic N) is 3. The first-order chi connectivity index (χ1) is 8.95. The number of nitrogens with one attached hydrogen (secondary N) is 3. The van der Waals surface area contributed by atoms with Crippen molar-refractivity contribution in [2.75, 3.05) is 0 Å². The Morgan fingerprint density at radius 2 is 2.21 bits per heavy atom. The summed E-state index contributed by atoms with van der Waals surface area (Å²) in [5.74, 6) is 0.390. The molecule has 0 saturated heterocycles. The van der Waals surface area contributed by atoms with E-state index in [1.807, 2.05) is 0 Å². The summed E-state index contributed by atoms with van der Waals surface area (Å²) < 4.78 is 26.7. The average molecular weight is 286 g/mol. The molecule has 104 valence electrons. The highest BCUT2D eigenvalue weighted by Crippen LogP contribution is 2.18. The van der Waals surface area contributed by atoms with Gasteiger partial charge < -0.3 is 5.11 Å². The molecule has 2 aromatic rings. The van der Waals surface area contributed by atoms with Crippen molar-refractivity contribution < 1.29 is 13.5 Å². The van der Waals surface area contributed by atoms with Crippen LogP contribution in [0, 0.1) is 6.92 Å². The molecule has 4 N–H and O–H groups in total. The maximum Gasteiger partial charge on any atom is 0.260 e. The Bertz CT molecular complexity index is 648. The fourth-order valence-electron chi connectivity index (χ4n) is 1.61. The second-order valence-corrected chi connectivity index (χ2v) is 5.63. The largest absolute Gasteiger partial charge is 0.392 e. The number of H-pyrrole nitrogens is 2. The van der Waals surface area contributed by atoms with Crippen molar-refractivity contribution in [3.63, 3.8) is 0 Å². The normalized spacial score (nSPS) is 13.6. The Hall–Kier alpha value is -1.78. The van der Waals surface area contributed by atoms with E-state index in [4.69, 9.17) is 0 Å². The molecule has 0 bridgehead atoms. The number of rotatable bonds is 5. The van der Waals surface area contributed by atoms with Crippen LogP contribution in [0.1, 0.15) is 30.0 Å². The molecule has 1 atom stereocenters. The number of aromatic amines is 2. The molecule has 0 aliphatic carbocycles. The quantitative estimate of drug-likeness (QED) is 0.577. The van der Waals surface area contributed by atoms with Crippen LogP contribution >= 0.6 is 0 Å². The summed E-state index contributed by atoms with van der Waals surface area (Å²) in [6.45, 7) is 2.85. The van der Waals surface area contributed by atoms with Crippen LogP contribution in [0.5, 0.6) is 0 Å². The highest BCUT2D eigenvalue weighted by atomic mass is 32.2. The van der Waals surface area contributed by atoms with Crippen LogP contribution in [0.3, 0.4) is 0 Å². The molecular formula is C9H14N6O3S. The minimum Gasteiger partial charge on any atom is -0.392 e. The highest BCUT2D eigenvalue weighted by molar-refractivity contribution is 7.89. The number of hydrogen-bond donors (Lipinski definition) is 4. The van der Waals surface area contributed by atoms with Crippen molar-refractivity contribution in [1.29, 1.82) is 0 Å². The third-order valence-electron chi connectivity index (χ3n) is 2.62. The lowest BCUT2D eigenvalue weighted by atomic mass is 10.3. The van der Waals surface area contributed by atoms with Crippen molar-refractivity contribution in [2.24, 2.45) is 0 Å². The molecule has 0 radical (unpaired) electrons. The van der Waals surface area contributed by atoms with Gasteiger partial charge in [-0.3, -0.25) is 10.2 Å². The van der Waals surface area contributed by atoms with Crippen LogP contribution in [0.15, 0.2) is 11.4 Å². The van der Waals surface area contributed by atoms with E-state index in [2.05, 4.69) is 30.1 Å². The van der Waals surface area contributed by atoms with Gasteiger partial charge in [-0.15, -0.1) is 0 Å². The zero-order valence-electron chi connectivity index (χ0n) is 10.4. The van der Waals surface area contributed by atoms with Crippen molar-refractivity contribution >= 4 is 10.0 Å². The van der Waals surface area contributed by atoms with Crippen LogP contribution in [0.25, 0.3) is 0 Å². The lowest BCUT2D eigenvalue weighted by Crippen LogP contribution is -2.28. The number of aliphatic hydroxyl groups excluding tert-OH is 1. The van der Waals surface area contributed by atoms with Gasteiger partial charge in [-0.1, -0.05) is 0 Å². The summed E-state index contributed by atoms with van der Waals surface area (Å²) in [5.41, 5.74) is 0.757. The van der Waals surface area contributed by atoms with Gasteiger partial charge in [-0.25, -0.2) is 13.4 Å². The molecule has 19 heavy (non-hydrogen) atoms. The van der Waals surface area contributed by atoms with Gasteiger partial charge >= 0.3 is 0 Å². The van der Waals surface area contributed by atoms with Gasteiger partial charge in [0.05, 0.1) is 12.6 Å². The highest BCUT2D eigenvalue weighted by Gasteiger charge is 2.26. The lowest BCUT2D eigenvalue weighted by molar-refractivity contribution is 0.277. The van der Waals surface area contributed by atoms with Gasteiger partial charge in [0.15, 0.2) is 5.03 Å². The third kappa shape index (κ3) is 2.64. The molecule has 10 heteroatoms. The van der Waals surface area contributed by atoms with Gasteiger partial charge in [0, 0.05) is 11.3 Å². The molecule has 2 aromatic heterocycles. The smallest absolute Gasteiger partial charge is 0.260 e. The Labute approximate surface area is 109 Å². The van der Waals surface area contributed by atoms with E-state index in [0.29, 0.717) is 11.5 Å². The number of sulfonamides is 1. The van der Waals surface area contributed by atoms with E-state index >= 15 is 0 Å². The van der Waals surface area contributed by atoms with E-state index in [1.165, 1.54) is 6.33 Å². The predicted molar refractivity (Wildman–Crippen MR) is 64.4 cm³/mol. The van der Waals surface area contributed by atoms with Crippen molar-refractivity contribution in [2.45, 2.75) is 31.5 Å². The van der Waals surface area contributed by atoms with E-state index in [-0.39, 0.29) is 10.6 Å². The minimum absolute atomic E-state index is 0.209. The Morgan fingerprint density at radius 1 is 1.47 bits per heavy atom. The van der Waals surface area contributed by atoms with E-state index in [9.17, 15) is 13.5 Å². The van der Waals surface area contributed by atoms with Gasteiger partial charge in [0.2, 0.25) is 0 Å². The lowest BCUT2D eigenvalue weighted by Gasteiger charge is -2.10. The summed E-state index contributed by atoms with van der Waals surface area (Å²) in [6, 6.07) is -0.587. The Morgan fingerprint density at radius 3 is 2.79 bits per heavy atom. The number of aromatic nitrogens is 5. The first kappa shape index (κ1) is 13.6. The van der Waals surface area contributed by atoms with Gasteiger partial charge in [-0.2, -0.15) is 14.9 Å². The molecule has 2 heterocycles. The Kier molecular flexibility index (Phi) is 3.64. The van der Waals surface area contributed by atoms with Gasteiger partial charge in [0.1, 0.15) is 12.2 Å². The Balaban J connectivity index is 2.28. The summed E-state index contributed by atoms with van der Waals surface area (Å²) in [5, 5.41) is 21.5. The van der Waals surface area contributed by atoms with Crippen LogP contribution in [-0.2, 0) is 16.6 Å². The zero-order valence-corrected chi connectivity index (χ0v) is 11.2. The standard InChI is InChI=1S/C9H14N6O3S/c1-5-7(3-16)9(14-12-5)19(17,18)15-6(2)8-10-4-11-13-8/h4,6,15-16H,3H2,1-2H3,(H,12,14)(H,10,11,13). The van der Waals surface area contributed by atoms with E-state index < -0.39 is 22.7 Å². The molecule has 0 saturated carbocycles. The second-order valence-electron chi connectivity index (χ2n) is 4.00. The summed E-state index contributed by atoms with van der Waals surface area (Å²) >= 11 is 0. The minimum atomic E-state index is -3.85. The summed E-state index contributed by atoms with van der Waals surface area (Å²) in [6.07, 6.45) is 1.29. The van der Waals surface area contributed by atoms with Crippen LogP contribution in [-0.4, -0.2) is 38.9 Å². The molecule has 0 amide bonds. The molecule has 0 aliphatic rings. The van der Waals surface area contributed by atoms with E-state index in [1.54, 1.807) is 13.8 Å². The monoisotopic (exact) mass is 286 g/mol. The van der Waals surface area contributed by atoms with Crippen molar-refractivity contribution in [1.82, 2.24) is 30.1 Å². The van der Waals surface area contributed by atoms with Gasteiger partial charge in [0.25, 0.3) is 10.0 Å². The molecule has 0 aliphatic heterocycles. The topological polar surface area (TPSA) is 137 Å². The molecule has 2 rings (SSSR count). The molecule has 0 spiro atoms. The second kappa shape index (κ2) is 5.07. The fourth-order valence-corrected chi connectivity index (χ4v) is 3.00. The number of aryl methyl sites for hydroxylation is 1. The summed E-state index contributed by atoms with van der Waals surface area (Å²) in [4.78, 5) is 3.87. The molecule has 9 nitrogen and oxygen atoms in total. The number of hydrogen-bond acceptors (Lipinski definition) is 6. The molecule has 1 unspecified atom stereocenters. The van der Waals surface area contributed by atoms with Crippen LogP contribution in [0.2, 0.25) is 0 Å². The molecule has 0 aromatic carbocycles. The zero-order chi connectivity index (χ0) is 14.0. The van der Waals surface area contributed by atoms with Crippen molar-refractivity contribution in [3.8, 4) is 0 Å². The summed E-state index contributed by atoms with van der Waals surface area (Å²) in [7, 11) is -3.85. The average Bonchev–Trinajstić information content (AvgIpc) is 2.96.